The number of pyridine rings is 1. The molecule has 1 unspecified atom stereocenters. The van der Waals surface area contributed by atoms with Crippen LogP contribution in [0.3, 0.4) is 0 Å². The number of hydrogen-bond acceptors (Lipinski definition) is 3. The summed E-state index contributed by atoms with van der Waals surface area (Å²) in [5.41, 5.74) is -0.587. The second kappa shape index (κ2) is 4.73. The molecule has 0 spiro atoms. The lowest BCUT2D eigenvalue weighted by molar-refractivity contribution is -0.144. The van der Waals surface area contributed by atoms with Gasteiger partial charge in [0.15, 0.2) is 10.8 Å². The molecule has 1 fully saturated rings. The van der Waals surface area contributed by atoms with E-state index in [0.29, 0.717) is 5.65 Å². The van der Waals surface area contributed by atoms with Gasteiger partial charge in [0, 0.05) is 6.20 Å². The molecule has 0 radical (unpaired) electrons. The molecule has 2 aromatic rings. The lowest BCUT2D eigenvalue weighted by Gasteiger charge is -2.26. The van der Waals surface area contributed by atoms with E-state index in [0.717, 1.165) is 12.8 Å². The predicted molar refractivity (Wildman–Crippen MR) is 76.4 cm³/mol. The summed E-state index contributed by atoms with van der Waals surface area (Å²) in [6.07, 6.45) is 3.26. The van der Waals surface area contributed by atoms with Gasteiger partial charge in [0.05, 0.1) is 0 Å². The fourth-order valence-corrected chi connectivity index (χ4v) is 2.72. The minimum absolute atomic E-state index is 0.0445. The van der Waals surface area contributed by atoms with E-state index in [-0.39, 0.29) is 16.8 Å². The maximum absolute atomic E-state index is 12.5. The standard InChI is InChI=1S/C14H14ClN3O3/c1-14(13(20)21,8-5-6-8)17-12(19)10-11(15)16-9-4-2-3-7-18(9)10/h2-4,7-8H,5-6H2,1H3,(H,17,19)(H,20,21). The first-order valence-electron chi connectivity index (χ1n) is 6.62. The lowest BCUT2D eigenvalue weighted by atomic mass is 9.96. The first-order chi connectivity index (χ1) is 9.93. The second-order valence-electron chi connectivity index (χ2n) is 5.42. The number of amides is 1. The molecule has 3 rings (SSSR count). The molecule has 2 heterocycles. The Balaban J connectivity index is 1.97. The number of nitrogens with one attached hydrogen (secondary N) is 1. The Morgan fingerprint density at radius 1 is 1.48 bits per heavy atom. The molecule has 0 saturated heterocycles. The van der Waals surface area contributed by atoms with Crippen molar-refractivity contribution in [2.45, 2.75) is 25.3 Å². The van der Waals surface area contributed by atoms with Crippen LogP contribution in [0.25, 0.3) is 5.65 Å². The molecule has 2 N–H and O–H groups in total. The number of aliphatic carboxylic acids is 1. The second-order valence-corrected chi connectivity index (χ2v) is 5.77. The molecule has 1 aliphatic rings. The fourth-order valence-electron chi connectivity index (χ4n) is 2.46. The molecule has 0 aliphatic heterocycles. The molecular formula is C14H14ClN3O3. The largest absolute Gasteiger partial charge is 0.480 e. The van der Waals surface area contributed by atoms with Crippen molar-refractivity contribution in [1.82, 2.24) is 14.7 Å². The third kappa shape index (κ3) is 2.25. The average Bonchev–Trinajstić information content (AvgIpc) is 3.21. The smallest absolute Gasteiger partial charge is 0.329 e. The molecule has 1 amide bonds. The molecule has 21 heavy (non-hydrogen) atoms. The van der Waals surface area contributed by atoms with Crippen LogP contribution in [0.1, 0.15) is 30.3 Å². The highest BCUT2D eigenvalue weighted by Gasteiger charge is 2.49. The van der Waals surface area contributed by atoms with Gasteiger partial charge < -0.3 is 10.4 Å². The summed E-state index contributed by atoms with van der Waals surface area (Å²) in [4.78, 5) is 28.0. The monoisotopic (exact) mass is 307 g/mol. The van der Waals surface area contributed by atoms with Crippen molar-refractivity contribution in [2.24, 2.45) is 5.92 Å². The average molecular weight is 308 g/mol. The van der Waals surface area contributed by atoms with Crippen LogP contribution < -0.4 is 5.32 Å². The fraction of sp³-hybridized carbons (Fsp3) is 0.357. The number of carboxylic acids is 1. The number of carbonyl (C=O) groups excluding carboxylic acids is 1. The molecule has 7 heteroatoms. The van der Waals surface area contributed by atoms with Crippen molar-refractivity contribution in [3.8, 4) is 0 Å². The normalized spacial score (nSPS) is 17.4. The highest BCUT2D eigenvalue weighted by atomic mass is 35.5. The Morgan fingerprint density at radius 2 is 2.19 bits per heavy atom. The predicted octanol–water partition coefficient (Wildman–Crippen LogP) is 1.97. The van der Waals surface area contributed by atoms with Gasteiger partial charge in [-0.15, -0.1) is 0 Å². The van der Waals surface area contributed by atoms with E-state index >= 15 is 0 Å². The lowest BCUT2D eigenvalue weighted by Crippen LogP contribution is -2.54. The molecule has 0 bridgehead atoms. The minimum Gasteiger partial charge on any atom is -0.480 e. The zero-order valence-corrected chi connectivity index (χ0v) is 12.1. The van der Waals surface area contributed by atoms with Crippen LogP contribution in [-0.2, 0) is 4.79 Å². The van der Waals surface area contributed by atoms with E-state index < -0.39 is 17.4 Å². The van der Waals surface area contributed by atoms with Crippen molar-refractivity contribution in [3.63, 3.8) is 0 Å². The Labute approximate surface area is 125 Å². The van der Waals surface area contributed by atoms with E-state index in [4.69, 9.17) is 11.6 Å². The molecule has 1 saturated carbocycles. The summed E-state index contributed by atoms with van der Waals surface area (Å²) < 4.78 is 1.55. The zero-order valence-electron chi connectivity index (χ0n) is 11.3. The molecule has 1 atom stereocenters. The van der Waals surface area contributed by atoms with Gasteiger partial charge in [0.1, 0.15) is 11.2 Å². The van der Waals surface area contributed by atoms with Gasteiger partial charge in [0.2, 0.25) is 0 Å². The number of halogens is 1. The summed E-state index contributed by atoms with van der Waals surface area (Å²) in [5, 5.41) is 12.1. The van der Waals surface area contributed by atoms with Crippen LogP contribution in [0.4, 0.5) is 0 Å². The van der Waals surface area contributed by atoms with Gasteiger partial charge in [-0.1, -0.05) is 17.7 Å². The Hall–Kier alpha value is -2.08. The van der Waals surface area contributed by atoms with E-state index in [1.54, 1.807) is 28.8 Å². The molecular weight excluding hydrogens is 294 g/mol. The third-order valence-corrected chi connectivity index (χ3v) is 4.18. The van der Waals surface area contributed by atoms with Crippen LogP contribution in [0.2, 0.25) is 5.15 Å². The quantitative estimate of drug-likeness (QED) is 0.904. The van der Waals surface area contributed by atoms with Gasteiger partial charge in [-0.25, -0.2) is 9.78 Å². The van der Waals surface area contributed by atoms with Gasteiger partial charge in [-0.3, -0.25) is 9.20 Å². The SMILES string of the molecule is CC(NC(=O)c1c(Cl)nc2ccccn12)(C(=O)O)C1CC1. The van der Waals surface area contributed by atoms with Gasteiger partial charge in [0.25, 0.3) is 5.91 Å². The van der Waals surface area contributed by atoms with Gasteiger partial charge in [-0.2, -0.15) is 0 Å². The van der Waals surface area contributed by atoms with Crippen molar-refractivity contribution in [2.75, 3.05) is 0 Å². The summed E-state index contributed by atoms with van der Waals surface area (Å²) >= 11 is 6.03. The van der Waals surface area contributed by atoms with Crippen LogP contribution in [0, 0.1) is 5.92 Å². The number of imidazole rings is 1. The first kappa shape index (κ1) is 13.9. The zero-order chi connectivity index (χ0) is 15.2. The highest BCUT2D eigenvalue weighted by Crippen LogP contribution is 2.40. The maximum Gasteiger partial charge on any atom is 0.329 e. The molecule has 110 valence electrons. The molecule has 2 aromatic heterocycles. The number of carboxylic acid groups (broad SMARTS) is 1. The summed E-state index contributed by atoms with van der Waals surface area (Å²) in [5.74, 6) is -1.62. The van der Waals surface area contributed by atoms with Crippen LogP contribution in [0.15, 0.2) is 24.4 Å². The van der Waals surface area contributed by atoms with E-state index in [1.165, 1.54) is 6.92 Å². The van der Waals surface area contributed by atoms with Crippen molar-refractivity contribution < 1.29 is 14.7 Å². The topological polar surface area (TPSA) is 83.7 Å². The Bertz CT molecular complexity index is 738. The maximum atomic E-state index is 12.5. The first-order valence-corrected chi connectivity index (χ1v) is 7.00. The van der Waals surface area contributed by atoms with Crippen LogP contribution in [0.5, 0.6) is 0 Å². The number of fused-ring (bicyclic) bond motifs is 1. The summed E-state index contributed by atoms with van der Waals surface area (Å²) in [6, 6.07) is 5.25. The third-order valence-electron chi connectivity index (χ3n) is 3.91. The highest BCUT2D eigenvalue weighted by molar-refractivity contribution is 6.32. The van der Waals surface area contributed by atoms with Crippen molar-refractivity contribution >= 4 is 29.1 Å². The van der Waals surface area contributed by atoms with E-state index in [2.05, 4.69) is 10.3 Å². The van der Waals surface area contributed by atoms with Crippen LogP contribution >= 0.6 is 11.6 Å². The van der Waals surface area contributed by atoms with Gasteiger partial charge in [-0.05, 0) is 37.8 Å². The van der Waals surface area contributed by atoms with E-state index in [1.807, 2.05) is 0 Å². The van der Waals surface area contributed by atoms with E-state index in [9.17, 15) is 14.7 Å². The number of hydrogen-bond donors (Lipinski definition) is 2. The Morgan fingerprint density at radius 3 is 2.81 bits per heavy atom. The summed E-state index contributed by atoms with van der Waals surface area (Å²) in [6.45, 7) is 1.53. The van der Waals surface area contributed by atoms with Crippen molar-refractivity contribution in [1.29, 1.82) is 0 Å². The molecule has 1 aliphatic carbocycles. The number of carbonyl (C=O) groups is 2. The van der Waals surface area contributed by atoms with Crippen LogP contribution in [-0.4, -0.2) is 31.9 Å². The number of aromatic nitrogens is 2. The van der Waals surface area contributed by atoms with Gasteiger partial charge >= 0.3 is 5.97 Å². The Kier molecular flexibility index (Phi) is 3.13. The summed E-state index contributed by atoms with van der Waals surface area (Å²) in [7, 11) is 0. The minimum atomic E-state index is -1.28. The van der Waals surface area contributed by atoms with Crippen molar-refractivity contribution in [3.05, 3.63) is 35.2 Å². The number of rotatable bonds is 4. The molecule has 6 nitrogen and oxygen atoms in total. The molecule has 0 aromatic carbocycles. The number of nitrogens with zero attached hydrogens (tertiary/aromatic N) is 2.